The van der Waals surface area contributed by atoms with Crippen molar-refractivity contribution >= 4 is 17.3 Å². The number of likely N-dealkylation sites (N-methyl/N-ethyl adjacent to an activating group) is 1. The van der Waals surface area contributed by atoms with Gasteiger partial charge in [-0.25, -0.2) is 14.8 Å². The van der Waals surface area contributed by atoms with Gasteiger partial charge in [0.05, 0.1) is 24.4 Å². The first-order valence-electron chi connectivity index (χ1n) is 11.5. The first kappa shape index (κ1) is 22.1. The van der Waals surface area contributed by atoms with E-state index in [9.17, 15) is 5.11 Å². The van der Waals surface area contributed by atoms with Gasteiger partial charge in [0.15, 0.2) is 5.69 Å². The molecule has 172 valence electrons. The standard InChI is InChI=1S/C27H28N6O/c1-18-5-6-20(15-21(18)17-34)24-25(19-7-9-22(28-2)10-8-19)30-27(33-14-12-29-26(24)33)32-13-11-23(16-32)31(3)4/h5-10,12,14-15,23,34H,11,13,16-17H2,1,3-4H3/t23-/m1/s1. The number of imidazole rings is 1. The molecule has 7 heteroatoms. The maximum absolute atomic E-state index is 9.89. The zero-order valence-electron chi connectivity index (χ0n) is 19.7. The van der Waals surface area contributed by atoms with Crippen molar-refractivity contribution in [3.05, 3.63) is 77.4 Å². The molecule has 1 atom stereocenters. The van der Waals surface area contributed by atoms with E-state index in [2.05, 4.69) is 39.2 Å². The molecule has 0 unspecified atom stereocenters. The van der Waals surface area contributed by atoms with Crippen molar-refractivity contribution in [2.45, 2.75) is 26.0 Å². The number of aliphatic hydroxyl groups excluding tert-OH is 1. The highest BCUT2D eigenvalue weighted by atomic mass is 16.3. The fraction of sp³-hybridized carbons (Fsp3) is 0.296. The minimum Gasteiger partial charge on any atom is -0.392 e. The minimum absolute atomic E-state index is 0.0232. The second-order valence-electron chi connectivity index (χ2n) is 9.07. The number of rotatable bonds is 5. The van der Waals surface area contributed by atoms with E-state index in [1.54, 1.807) is 0 Å². The highest BCUT2D eigenvalue weighted by Gasteiger charge is 2.28. The summed E-state index contributed by atoms with van der Waals surface area (Å²) in [4.78, 5) is 18.1. The number of benzene rings is 2. The summed E-state index contributed by atoms with van der Waals surface area (Å²) in [6.45, 7) is 11.1. The van der Waals surface area contributed by atoms with Crippen LogP contribution < -0.4 is 4.90 Å². The van der Waals surface area contributed by atoms with Gasteiger partial charge in [-0.05, 0) is 55.8 Å². The third kappa shape index (κ3) is 3.81. The number of anilines is 1. The number of aromatic nitrogens is 3. The van der Waals surface area contributed by atoms with Gasteiger partial charge in [-0.2, -0.15) is 0 Å². The zero-order chi connectivity index (χ0) is 23.8. The summed E-state index contributed by atoms with van der Waals surface area (Å²) >= 11 is 0. The predicted molar refractivity (Wildman–Crippen MR) is 135 cm³/mol. The summed E-state index contributed by atoms with van der Waals surface area (Å²) < 4.78 is 2.07. The van der Waals surface area contributed by atoms with Gasteiger partial charge in [-0.1, -0.05) is 36.4 Å². The fourth-order valence-electron chi connectivity index (χ4n) is 4.70. The molecule has 7 nitrogen and oxygen atoms in total. The lowest BCUT2D eigenvalue weighted by Crippen LogP contribution is -2.32. The molecule has 1 aliphatic heterocycles. The Hall–Kier alpha value is -3.73. The number of fused-ring (bicyclic) bond motifs is 1. The molecule has 0 aliphatic carbocycles. The monoisotopic (exact) mass is 452 g/mol. The van der Waals surface area contributed by atoms with Crippen molar-refractivity contribution < 1.29 is 5.11 Å². The normalized spacial score (nSPS) is 15.9. The molecule has 0 radical (unpaired) electrons. The average molecular weight is 453 g/mol. The molecule has 0 bridgehead atoms. The molecule has 2 aromatic heterocycles. The van der Waals surface area contributed by atoms with Crippen molar-refractivity contribution in [2.75, 3.05) is 32.1 Å². The van der Waals surface area contributed by atoms with Crippen LogP contribution >= 0.6 is 0 Å². The van der Waals surface area contributed by atoms with Crippen LogP contribution in [0.15, 0.2) is 54.9 Å². The van der Waals surface area contributed by atoms with Crippen LogP contribution in [0.1, 0.15) is 17.5 Å². The minimum atomic E-state index is -0.0232. The van der Waals surface area contributed by atoms with Gasteiger partial charge in [0.1, 0.15) is 5.65 Å². The van der Waals surface area contributed by atoms with Crippen LogP contribution in [-0.4, -0.2) is 57.6 Å². The lowest BCUT2D eigenvalue weighted by atomic mass is 9.96. The van der Waals surface area contributed by atoms with E-state index in [4.69, 9.17) is 16.5 Å². The lowest BCUT2D eigenvalue weighted by molar-refractivity contribution is 0.281. The Labute approximate surface area is 199 Å². The zero-order valence-corrected chi connectivity index (χ0v) is 19.7. The first-order valence-corrected chi connectivity index (χ1v) is 11.5. The summed E-state index contributed by atoms with van der Waals surface area (Å²) in [5.74, 6) is 0.874. The molecule has 0 amide bonds. The summed E-state index contributed by atoms with van der Waals surface area (Å²) in [5.41, 5.74) is 6.99. The molecule has 0 saturated carbocycles. The van der Waals surface area contributed by atoms with Gasteiger partial charge in [0, 0.05) is 31.5 Å². The maximum atomic E-state index is 9.89. The number of aryl methyl sites for hydroxylation is 1. The summed E-state index contributed by atoms with van der Waals surface area (Å²) in [7, 11) is 4.25. The van der Waals surface area contributed by atoms with E-state index in [1.807, 2.05) is 55.7 Å². The Balaban J connectivity index is 1.75. The van der Waals surface area contributed by atoms with Crippen LogP contribution in [0.5, 0.6) is 0 Å². The van der Waals surface area contributed by atoms with E-state index < -0.39 is 0 Å². The molecule has 1 fully saturated rings. The SMILES string of the molecule is [C-]#[N+]c1ccc(-c2nc(N3CC[C@@H](N(C)C)C3)n3ccnc3c2-c2ccc(C)c(CO)c2)cc1. The Bertz CT molecular complexity index is 1380. The third-order valence-corrected chi connectivity index (χ3v) is 6.78. The number of hydrogen-bond acceptors (Lipinski definition) is 5. The Morgan fingerprint density at radius 1 is 1.15 bits per heavy atom. The van der Waals surface area contributed by atoms with Crippen molar-refractivity contribution in [3.63, 3.8) is 0 Å². The number of hydrogen-bond donors (Lipinski definition) is 1. The molecule has 3 heterocycles. The van der Waals surface area contributed by atoms with Crippen LogP contribution in [-0.2, 0) is 6.61 Å². The smallest absolute Gasteiger partial charge is 0.212 e. The van der Waals surface area contributed by atoms with E-state index in [0.717, 1.165) is 64.6 Å². The topological polar surface area (TPSA) is 61.3 Å². The number of aliphatic hydroxyl groups is 1. The molecular weight excluding hydrogens is 424 g/mol. The highest BCUT2D eigenvalue weighted by molar-refractivity contribution is 5.91. The fourth-order valence-corrected chi connectivity index (χ4v) is 4.70. The van der Waals surface area contributed by atoms with E-state index >= 15 is 0 Å². The molecule has 0 spiro atoms. The molecule has 1 saturated heterocycles. The molecule has 1 aliphatic rings. The molecule has 1 N–H and O–H groups in total. The molecule has 5 rings (SSSR count). The summed E-state index contributed by atoms with van der Waals surface area (Å²) in [5, 5.41) is 9.89. The van der Waals surface area contributed by atoms with Gasteiger partial charge < -0.3 is 14.9 Å². The van der Waals surface area contributed by atoms with Crippen molar-refractivity contribution in [1.29, 1.82) is 0 Å². The van der Waals surface area contributed by atoms with E-state index in [1.165, 1.54) is 0 Å². The molecular formula is C27H28N6O. The number of nitrogens with zero attached hydrogens (tertiary/aromatic N) is 6. The molecule has 4 aromatic rings. The van der Waals surface area contributed by atoms with Crippen LogP contribution in [0.3, 0.4) is 0 Å². The van der Waals surface area contributed by atoms with Crippen LogP contribution in [0.25, 0.3) is 32.9 Å². The second kappa shape index (κ2) is 8.90. The molecule has 2 aromatic carbocycles. The van der Waals surface area contributed by atoms with Gasteiger partial charge in [0.25, 0.3) is 0 Å². The molecule has 34 heavy (non-hydrogen) atoms. The Morgan fingerprint density at radius 2 is 1.91 bits per heavy atom. The Morgan fingerprint density at radius 3 is 2.59 bits per heavy atom. The maximum Gasteiger partial charge on any atom is 0.212 e. The van der Waals surface area contributed by atoms with Gasteiger partial charge >= 0.3 is 0 Å². The second-order valence-corrected chi connectivity index (χ2v) is 9.07. The lowest BCUT2D eigenvalue weighted by Gasteiger charge is -2.23. The summed E-state index contributed by atoms with van der Waals surface area (Å²) in [6.07, 6.45) is 4.87. The summed E-state index contributed by atoms with van der Waals surface area (Å²) in [6, 6.07) is 14.2. The first-order chi connectivity index (χ1) is 16.5. The van der Waals surface area contributed by atoms with Gasteiger partial charge in [-0.3, -0.25) is 4.40 Å². The van der Waals surface area contributed by atoms with Gasteiger partial charge in [-0.15, -0.1) is 0 Å². The predicted octanol–water partition coefficient (Wildman–Crippen LogP) is 4.56. The largest absolute Gasteiger partial charge is 0.392 e. The van der Waals surface area contributed by atoms with E-state index in [0.29, 0.717) is 11.7 Å². The van der Waals surface area contributed by atoms with E-state index in [-0.39, 0.29) is 6.61 Å². The average Bonchev–Trinajstić information content (AvgIpc) is 3.54. The van der Waals surface area contributed by atoms with Crippen LogP contribution in [0.4, 0.5) is 11.6 Å². The quantitative estimate of drug-likeness (QED) is 0.450. The van der Waals surface area contributed by atoms with Crippen molar-refractivity contribution in [1.82, 2.24) is 19.3 Å². The van der Waals surface area contributed by atoms with Gasteiger partial charge in [0.2, 0.25) is 5.95 Å². The van der Waals surface area contributed by atoms with Crippen molar-refractivity contribution in [3.8, 4) is 22.4 Å². The Kier molecular flexibility index (Phi) is 5.78. The van der Waals surface area contributed by atoms with Crippen molar-refractivity contribution in [2.24, 2.45) is 0 Å². The highest BCUT2D eigenvalue weighted by Crippen LogP contribution is 2.38. The third-order valence-electron chi connectivity index (χ3n) is 6.78. The van der Waals surface area contributed by atoms with Crippen LogP contribution in [0, 0.1) is 13.5 Å². The van der Waals surface area contributed by atoms with Crippen LogP contribution in [0.2, 0.25) is 0 Å².